The molecule has 6 nitrogen and oxygen atoms in total. The number of aromatic nitrogens is 2. The van der Waals surface area contributed by atoms with E-state index in [1.165, 1.54) is 37.4 Å². The Kier molecular flexibility index (Phi) is 11.2. The molecule has 0 spiro atoms. The van der Waals surface area contributed by atoms with Crippen molar-refractivity contribution in [3.8, 4) is 5.75 Å². The largest absolute Gasteiger partial charge is 0.494 e. The summed E-state index contributed by atoms with van der Waals surface area (Å²) in [4.78, 5) is 31.7. The Bertz CT molecular complexity index is 852. The molecule has 7 heteroatoms. The van der Waals surface area contributed by atoms with Crippen LogP contribution in [0, 0.1) is 0 Å². The summed E-state index contributed by atoms with van der Waals surface area (Å²) in [7, 11) is 1.74. The number of rotatable bonds is 15. The van der Waals surface area contributed by atoms with Crippen LogP contribution in [0.3, 0.4) is 0 Å². The molecule has 2 rings (SSSR count). The van der Waals surface area contributed by atoms with Gasteiger partial charge in [-0.15, -0.1) is 0 Å². The molecule has 1 unspecified atom stereocenters. The summed E-state index contributed by atoms with van der Waals surface area (Å²) >= 11 is 1.52. The summed E-state index contributed by atoms with van der Waals surface area (Å²) in [5.74, 6) is 1.82. The maximum absolute atomic E-state index is 12.9. The number of aldehydes is 1. The number of aromatic amines is 1. The molecule has 0 amide bonds. The molecule has 0 saturated carbocycles. The minimum Gasteiger partial charge on any atom is -0.494 e. The van der Waals surface area contributed by atoms with E-state index in [2.05, 4.69) is 29.1 Å². The molecule has 0 radical (unpaired) electrons. The van der Waals surface area contributed by atoms with Crippen molar-refractivity contribution in [2.45, 2.75) is 69.9 Å². The lowest BCUT2D eigenvalue weighted by Crippen LogP contribution is -2.22. The van der Waals surface area contributed by atoms with Gasteiger partial charge in [0.05, 0.1) is 12.2 Å². The number of thioether (sulfide) groups is 1. The molecule has 170 valence electrons. The fourth-order valence-electron chi connectivity index (χ4n) is 3.45. The number of H-pyrrole nitrogens is 1. The van der Waals surface area contributed by atoms with E-state index in [4.69, 9.17) is 4.74 Å². The highest BCUT2D eigenvalue weighted by molar-refractivity contribution is 7.99. The SMILES string of the molecule is CCCCCCCOc1ccc(C(CC=O)c2c(NC)nc(SCCC)[nH]c2=O)cc1. The van der Waals surface area contributed by atoms with Gasteiger partial charge in [0.25, 0.3) is 5.56 Å². The van der Waals surface area contributed by atoms with Gasteiger partial charge in [0.1, 0.15) is 17.9 Å². The minimum atomic E-state index is -0.371. The molecule has 0 aliphatic carbocycles. The standard InChI is InChI=1S/C24H35N3O3S/c1-4-6-7-8-9-16-30-19-12-10-18(11-13-19)20(14-15-28)21-22(25-3)26-24(27-23(21)29)31-17-5-2/h10-13,15,20H,4-9,14,16-17H2,1-3H3,(H2,25,26,27,29). The Morgan fingerprint density at radius 1 is 1.13 bits per heavy atom. The molecule has 1 atom stereocenters. The second-order valence-corrected chi connectivity index (χ2v) is 8.60. The van der Waals surface area contributed by atoms with Crippen LogP contribution in [-0.4, -0.2) is 35.7 Å². The van der Waals surface area contributed by atoms with Gasteiger partial charge in [-0.2, -0.15) is 0 Å². The Morgan fingerprint density at radius 2 is 1.87 bits per heavy atom. The lowest BCUT2D eigenvalue weighted by atomic mass is 9.89. The van der Waals surface area contributed by atoms with Gasteiger partial charge in [0.2, 0.25) is 0 Å². The van der Waals surface area contributed by atoms with Gasteiger partial charge in [0, 0.05) is 25.1 Å². The highest BCUT2D eigenvalue weighted by atomic mass is 32.2. The average Bonchev–Trinajstić information content (AvgIpc) is 2.79. The van der Waals surface area contributed by atoms with Crippen LogP contribution in [0.25, 0.3) is 0 Å². The minimum absolute atomic E-state index is 0.207. The third kappa shape index (κ3) is 7.73. The van der Waals surface area contributed by atoms with Gasteiger partial charge in [-0.25, -0.2) is 4.98 Å². The maximum atomic E-state index is 12.9. The number of ether oxygens (including phenoxy) is 1. The van der Waals surface area contributed by atoms with Crippen LogP contribution < -0.4 is 15.6 Å². The molecule has 0 aliphatic rings. The first-order valence-electron chi connectivity index (χ1n) is 11.3. The van der Waals surface area contributed by atoms with E-state index in [-0.39, 0.29) is 17.9 Å². The fourth-order valence-corrected chi connectivity index (χ4v) is 4.17. The third-order valence-corrected chi connectivity index (χ3v) is 6.17. The summed E-state index contributed by atoms with van der Waals surface area (Å²) in [5, 5.41) is 3.63. The van der Waals surface area contributed by atoms with Crippen LogP contribution in [0.1, 0.15) is 75.8 Å². The van der Waals surface area contributed by atoms with Crippen molar-refractivity contribution in [2.75, 3.05) is 24.7 Å². The number of carbonyl (C=O) groups excluding carboxylic acids is 1. The van der Waals surface area contributed by atoms with Gasteiger partial charge in [-0.05, 0) is 30.5 Å². The van der Waals surface area contributed by atoms with Crippen LogP contribution >= 0.6 is 11.8 Å². The first kappa shape index (κ1) is 25.0. The molecule has 1 heterocycles. The monoisotopic (exact) mass is 445 g/mol. The molecule has 0 saturated heterocycles. The fraction of sp³-hybridized carbons (Fsp3) is 0.542. The van der Waals surface area contributed by atoms with Gasteiger partial charge in [-0.3, -0.25) is 4.79 Å². The quantitative estimate of drug-likeness (QED) is 0.166. The van der Waals surface area contributed by atoms with Crippen LogP contribution in [0.2, 0.25) is 0 Å². The van der Waals surface area contributed by atoms with E-state index in [0.29, 0.717) is 23.1 Å². The van der Waals surface area contributed by atoms with Gasteiger partial charge in [-0.1, -0.05) is 63.4 Å². The van der Waals surface area contributed by atoms with Crippen molar-refractivity contribution in [3.63, 3.8) is 0 Å². The predicted molar refractivity (Wildman–Crippen MR) is 129 cm³/mol. The van der Waals surface area contributed by atoms with Crippen molar-refractivity contribution in [1.29, 1.82) is 0 Å². The smallest absolute Gasteiger partial charge is 0.257 e. The number of unbranched alkanes of at least 4 members (excludes halogenated alkanes) is 4. The molecule has 2 aromatic rings. The van der Waals surface area contributed by atoms with E-state index in [1.54, 1.807) is 7.05 Å². The van der Waals surface area contributed by atoms with Gasteiger partial charge < -0.3 is 19.8 Å². The first-order chi connectivity index (χ1) is 15.1. The molecule has 0 fully saturated rings. The van der Waals surface area contributed by atoms with E-state index in [9.17, 15) is 9.59 Å². The van der Waals surface area contributed by atoms with Crippen LogP contribution in [0.15, 0.2) is 34.2 Å². The number of nitrogens with zero attached hydrogens (tertiary/aromatic N) is 1. The van der Waals surface area contributed by atoms with E-state index in [0.717, 1.165) is 36.2 Å². The predicted octanol–water partition coefficient (Wildman–Crippen LogP) is 5.38. The second-order valence-electron chi connectivity index (χ2n) is 7.52. The zero-order chi connectivity index (χ0) is 22.5. The Labute approximate surface area is 189 Å². The Balaban J connectivity index is 2.16. The zero-order valence-corrected chi connectivity index (χ0v) is 19.7. The molecule has 1 aromatic heterocycles. The lowest BCUT2D eigenvalue weighted by Gasteiger charge is -2.18. The first-order valence-corrected chi connectivity index (χ1v) is 12.2. The normalized spacial score (nSPS) is 11.8. The number of hydrogen-bond donors (Lipinski definition) is 2. The number of anilines is 1. The van der Waals surface area contributed by atoms with Crippen LogP contribution in [0.5, 0.6) is 5.75 Å². The number of nitrogens with one attached hydrogen (secondary N) is 2. The zero-order valence-electron chi connectivity index (χ0n) is 18.9. The second kappa shape index (κ2) is 13.9. The Hall–Kier alpha value is -2.28. The van der Waals surface area contributed by atoms with Crippen molar-refractivity contribution in [1.82, 2.24) is 9.97 Å². The van der Waals surface area contributed by atoms with E-state index in [1.807, 2.05) is 24.3 Å². The van der Waals surface area contributed by atoms with E-state index >= 15 is 0 Å². The molecule has 0 bridgehead atoms. The van der Waals surface area contributed by atoms with Gasteiger partial charge in [0.15, 0.2) is 5.16 Å². The molecule has 0 aliphatic heterocycles. The molecular formula is C24H35N3O3S. The van der Waals surface area contributed by atoms with E-state index < -0.39 is 0 Å². The molecule has 31 heavy (non-hydrogen) atoms. The van der Waals surface area contributed by atoms with Crippen molar-refractivity contribution < 1.29 is 9.53 Å². The topological polar surface area (TPSA) is 84.1 Å². The summed E-state index contributed by atoms with van der Waals surface area (Å²) in [6.07, 6.45) is 8.03. The average molecular weight is 446 g/mol. The van der Waals surface area contributed by atoms with Crippen LogP contribution in [-0.2, 0) is 4.79 Å². The lowest BCUT2D eigenvalue weighted by molar-refractivity contribution is -0.108. The van der Waals surface area contributed by atoms with Crippen molar-refractivity contribution in [3.05, 3.63) is 45.7 Å². The third-order valence-electron chi connectivity index (χ3n) is 5.09. The summed E-state index contributed by atoms with van der Waals surface area (Å²) in [5.41, 5.74) is 1.16. The highest BCUT2D eigenvalue weighted by Crippen LogP contribution is 2.31. The van der Waals surface area contributed by atoms with Crippen molar-refractivity contribution >= 4 is 23.9 Å². The number of benzene rings is 1. The molecule has 1 aromatic carbocycles. The number of hydrogen-bond acceptors (Lipinski definition) is 6. The van der Waals surface area contributed by atoms with Crippen LogP contribution in [0.4, 0.5) is 5.82 Å². The van der Waals surface area contributed by atoms with Gasteiger partial charge >= 0.3 is 0 Å². The summed E-state index contributed by atoms with van der Waals surface area (Å²) in [6.45, 7) is 4.99. The Morgan fingerprint density at radius 3 is 2.52 bits per heavy atom. The molecule has 2 N–H and O–H groups in total. The maximum Gasteiger partial charge on any atom is 0.257 e. The molecular weight excluding hydrogens is 410 g/mol. The van der Waals surface area contributed by atoms with Crippen molar-refractivity contribution in [2.24, 2.45) is 0 Å². The summed E-state index contributed by atoms with van der Waals surface area (Å²) < 4.78 is 5.84. The highest BCUT2D eigenvalue weighted by Gasteiger charge is 2.23. The number of carbonyl (C=O) groups is 1. The summed E-state index contributed by atoms with van der Waals surface area (Å²) in [6, 6.07) is 7.68.